The van der Waals surface area contributed by atoms with E-state index in [9.17, 15) is 24.2 Å². The van der Waals surface area contributed by atoms with Crippen molar-refractivity contribution in [1.82, 2.24) is 14.5 Å². The summed E-state index contributed by atoms with van der Waals surface area (Å²) in [6, 6.07) is 2.99. The van der Waals surface area contributed by atoms with Crippen LogP contribution in [0.5, 0.6) is 0 Å². The number of nitrogens with one attached hydrogen (secondary N) is 1. The summed E-state index contributed by atoms with van der Waals surface area (Å²) in [7, 11) is 0. The van der Waals surface area contributed by atoms with Gasteiger partial charge in [-0.1, -0.05) is 0 Å². The standard InChI is InChI=1S/C15H15FN4O5/c1-7-10(21)11(22)14(25-7)20-6-9(16)12(19-15(20)24)18-13(23)8-3-2-4-17-5-8/h2-7,10-11,14,21-22H,1H3,(H,18,19,23,24)/t7-,10?,11?,14-/m1/s1. The number of rotatable bonds is 3. The zero-order valence-electron chi connectivity index (χ0n) is 13.0. The van der Waals surface area contributed by atoms with Crippen LogP contribution in [-0.4, -0.2) is 49.0 Å². The first-order valence-electron chi connectivity index (χ1n) is 7.40. The van der Waals surface area contributed by atoms with Crippen molar-refractivity contribution >= 4 is 11.7 Å². The summed E-state index contributed by atoms with van der Waals surface area (Å²) in [5.74, 6) is -2.24. The maximum atomic E-state index is 14.2. The number of aromatic nitrogens is 3. The van der Waals surface area contributed by atoms with E-state index in [-0.39, 0.29) is 5.56 Å². The Morgan fingerprint density at radius 2 is 2.16 bits per heavy atom. The number of hydrogen-bond donors (Lipinski definition) is 3. The van der Waals surface area contributed by atoms with E-state index in [2.05, 4.69) is 15.3 Å². The number of amides is 1. The van der Waals surface area contributed by atoms with Crippen molar-refractivity contribution in [3.8, 4) is 0 Å². The van der Waals surface area contributed by atoms with Gasteiger partial charge in [0.2, 0.25) is 0 Å². The lowest BCUT2D eigenvalue weighted by molar-refractivity contribution is -0.0355. The summed E-state index contributed by atoms with van der Waals surface area (Å²) in [5, 5.41) is 21.8. The highest BCUT2D eigenvalue weighted by Gasteiger charge is 2.42. The van der Waals surface area contributed by atoms with E-state index in [0.29, 0.717) is 0 Å². The molecule has 1 fully saturated rings. The lowest BCUT2D eigenvalue weighted by Gasteiger charge is -2.17. The van der Waals surface area contributed by atoms with E-state index in [1.165, 1.54) is 31.5 Å². The maximum absolute atomic E-state index is 14.2. The van der Waals surface area contributed by atoms with Crippen LogP contribution < -0.4 is 11.0 Å². The molecule has 1 amide bonds. The van der Waals surface area contributed by atoms with Crippen molar-refractivity contribution in [3.05, 3.63) is 52.6 Å². The molecule has 3 rings (SSSR count). The topological polar surface area (TPSA) is 127 Å². The number of nitrogens with zero attached hydrogens (tertiary/aromatic N) is 3. The molecule has 0 bridgehead atoms. The van der Waals surface area contributed by atoms with Crippen LogP contribution in [0.2, 0.25) is 0 Å². The summed E-state index contributed by atoms with van der Waals surface area (Å²) < 4.78 is 20.2. The van der Waals surface area contributed by atoms with Gasteiger partial charge in [0.1, 0.15) is 12.2 Å². The van der Waals surface area contributed by atoms with Crippen LogP contribution in [0.25, 0.3) is 0 Å². The van der Waals surface area contributed by atoms with Crippen molar-refractivity contribution in [2.24, 2.45) is 0 Å². The third kappa shape index (κ3) is 3.27. The quantitative estimate of drug-likeness (QED) is 0.692. The summed E-state index contributed by atoms with van der Waals surface area (Å²) in [6.07, 6.45) is -1.14. The normalized spacial score (nSPS) is 25.8. The Bertz CT molecular complexity index is 844. The summed E-state index contributed by atoms with van der Waals surface area (Å²) in [5.41, 5.74) is -0.785. The molecule has 132 valence electrons. The average molecular weight is 350 g/mol. The molecule has 0 saturated carbocycles. The van der Waals surface area contributed by atoms with E-state index in [1.807, 2.05) is 0 Å². The van der Waals surface area contributed by atoms with Gasteiger partial charge in [-0.05, 0) is 19.1 Å². The Morgan fingerprint density at radius 3 is 2.76 bits per heavy atom. The summed E-state index contributed by atoms with van der Waals surface area (Å²) in [6.45, 7) is 1.51. The molecule has 2 aromatic heterocycles. The second-order valence-electron chi connectivity index (χ2n) is 5.54. The monoisotopic (exact) mass is 350 g/mol. The highest BCUT2D eigenvalue weighted by molar-refractivity contribution is 6.03. The van der Waals surface area contributed by atoms with Gasteiger partial charge < -0.3 is 20.3 Å². The Hall–Kier alpha value is -2.69. The maximum Gasteiger partial charge on any atom is 0.351 e. The van der Waals surface area contributed by atoms with Gasteiger partial charge in [-0.2, -0.15) is 4.98 Å². The fourth-order valence-corrected chi connectivity index (χ4v) is 2.45. The van der Waals surface area contributed by atoms with Crippen LogP contribution in [0.1, 0.15) is 23.5 Å². The zero-order chi connectivity index (χ0) is 18.1. The first-order chi connectivity index (χ1) is 11.9. The lowest BCUT2D eigenvalue weighted by atomic mass is 10.1. The van der Waals surface area contributed by atoms with Crippen LogP contribution in [0.4, 0.5) is 10.2 Å². The predicted octanol–water partition coefficient (Wildman–Crippen LogP) is -0.331. The number of hydrogen-bond acceptors (Lipinski definition) is 7. The molecule has 4 atom stereocenters. The fourth-order valence-electron chi connectivity index (χ4n) is 2.45. The van der Waals surface area contributed by atoms with Crippen molar-refractivity contribution in [3.63, 3.8) is 0 Å². The van der Waals surface area contributed by atoms with Gasteiger partial charge in [0.05, 0.1) is 17.9 Å². The number of carbonyl (C=O) groups is 1. The Labute approximate surface area is 140 Å². The molecule has 2 unspecified atom stereocenters. The second-order valence-corrected chi connectivity index (χ2v) is 5.54. The number of aliphatic hydroxyl groups excluding tert-OH is 2. The summed E-state index contributed by atoms with van der Waals surface area (Å²) >= 11 is 0. The molecule has 10 heteroatoms. The molecule has 1 aliphatic rings. The number of ether oxygens (including phenoxy) is 1. The van der Waals surface area contributed by atoms with Crippen LogP contribution in [0.3, 0.4) is 0 Å². The van der Waals surface area contributed by atoms with Gasteiger partial charge in [0, 0.05) is 12.4 Å². The average Bonchev–Trinajstić information content (AvgIpc) is 2.86. The highest BCUT2D eigenvalue weighted by Crippen LogP contribution is 2.28. The molecule has 3 N–H and O–H groups in total. The van der Waals surface area contributed by atoms with Gasteiger partial charge in [0.15, 0.2) is 17.9 Å². The molecule has 0 aliphatic carbocycles. The first-order valence-corrected chi connectivity index (χ1v) is 7.40. The summed E-state index contributed by atoms with van der Waals surface area (Å²) in [4.78, 5) is 31.3. The minimum atomic E-state index is -1.41. The van der Waals surface area contributed by atoms with Gasteiger partial charge in [0.25, 0.3) is 5.91 Å². The number of aliphatic hydroxyl groups is 2. The number of carbonyl (C=O) groups excluding carboxylic acids is 1. The van der Waals surface area contributed by atoms with Crippen LogP contribution in [0.15, 0.2) is 35.5 Å². The molecule has 0 aromatic carbocycles. The number of anilines is 1. The smallest absolute Gasteiger partial charge is 0.351 e. The number of pyridine rings is 1. The SMILES string of the molecule is C[C@H]1O[C@@H](n2cc(F)c(NC(=O)c3cccnc3)nc2=O)C(O)C1O. The zero-order valence-corrected chi connectivity index (χ0v) is 13.0. The van der Waals surface area contributed by atoms with Crippen LogP contribution in [0, 0.1) is 5.82 Å². The third-order valence-corrected chi connectivity index (χ3v) is 3.81. The van der Waals surface area contributed by atoms with E-state index in [4.69, 9.17) is 4.74 Å². The molecule has 3 heterocycles. The molecule has 25 heavy (non-hydrogen) atoms. The minimum absolute atomic E-state index is 0.166. The molecule has 0 radical (unpaired) electrons. The lowest BCUT2D eigenvalue weighted by Crippen LogP contribution is -2.36. The molecule has 2 aromatic rings. The van der Waals surface area contributed by atoms with Crippen LogP contribution in [-0.2, 0) is 4.74 Å². The van der Waals surface area contributed by atoms with Gasteiger partial charge in [-0.15, -0.1) is 0 Å². The minimum Gasteiger partial charge on any atom is -0.388 e. The van der Waals surface area contributed by atoms with E-state index in [1.54, 1.807) is 0 Å². The van der Waals surface area contributed by atoms with Crippen LogP contribution >= 0.6 is 0 Å². The van der Waals surface area contributed by atoms with Crippen molar-refractivity contribution in [2.45, 2.75) is 31.5 Å². The van der Waals surface area contributed by atoms with Gasteiger partial charge in [-0.3, -0.25) is 14.3 Å². The molecular formula is C15H15FN4O5. The van der Waals surface area contributed by atoms with Gasteiger partial charge >= 0.3 is 5.69 Å². The second kappa shape index (κ2) is 6.67. The molecule has 0 spiro atoms. The Morgan fingerprint density at radius 1 is 1.40 bits per heavy atom. The van der Waals surface area contributed by atoms with Crippen molar-refractivity contribution in [1.29, 1.82) is 0 Å². The molecule has 1 saturated heterocycles. The molecule has 1 aliphatic heterocycles. The Kier molecular flexibility index (Phi) is 4.57. The van der Waals surface area contributed by atoms with E-state index in [0.717, 1.165) is 10.8 Å². The molecule has 9 nitrogen and oxygen atoms in total. The third-order valence-electron chi connectivity index (χ3n) is 3.81. The van der Waals surface area contributed by atoms with Gasteiger partial charge in [-0.25, -0.2) is 9.18 Å². The highest BCUT2D eigenvalue weighted by atomic mass is 19.1. The first kappa shape index (κ1) is 17.1. The fraction of sp³-hybridized carbons (Fsp3) is 0.333. The van der Waals surface area contributed by atoms with E-state index < -0.39 is 47.8 Å². The predicted molar refractivity (Wildman–Crippen MR) is 82.2 cm³/mol. The largest absolute Gasteiger partial charge is 0.388 e. The number of halogens is 1. The van der Waals surface area contributed by atoms with Crippen molar-refractivity contribution in [2.75, 3.05) is 5.32 Å². The molecular weight excluding hydrogens is 335 g/mol. The van der Waals surface area contributed by atoms with E-state index >= 15 is 0 Å². The van der Waals surface area contributed by atoms with Crippen molar-refractivity contribution < 1.29 is 24.1 Å². The Balaban J connectivity index is 1.86.